The quantitative estimate of drug-likeness (QED) is 0.602. The van der Waals surface area contributed by atoms with Crippen molar-refractivity contribution in [3.05, 3.63) is 95.1 Å². The molecule has 0 aromatic heterocycles. The maximum Gasteiger partial charge on any atom is 0.126 e. The van der Waals surface area contributed by atoms with Crippen LogP contribution in [0.1, 0.15) is 35.7 Å². The molecule has 0 amide bonds. The van der Waals surface area contributed by atoms with E-state index in [0.717, 1.165) is 22.9 Å². The van der Waals surface area contributed by atoms with Crippen molar-refractivity contribution >= 4 is 5.69 Å². The van der Waals surface area contributed by atoms with E-state index in [2.05, 4.69) is 5.32 Å². The lowest BCUT2D eigenvalue weighted by Gasteiger charge is -2.25. The smallest absolute Gasteiger partial charge is 0.126 e. The summed E-state index contributed by atoms with van der Waals surface area (Å²) in [6.07, 6.45) is 0. The highest BCUT2D eigenvalue weighted by Gasteiger charge is 2.19. The first-order chi connectivity index (χ1) is 13.0. The fourth-order valence-corrected chi connectivity index (χ4v) is 3.09. The molecule has 140 valence electrons. The van der Waals surface area contributed by atoms with Gasteiger partial charge in [-0.15, -0.1) is 0 Å². The zero-order valence-corrected chi connectivity index (χ0v) is 15.2. The van der Waals surface area contributed by atoms with Gasteiger partial charge in [-0.05, 0) is 60.0 Å². The third-order valence-electron chi connectivity index (χ3n) is 4.49. The second-order valence-corrected chi connectivity index (χ2v) is 6.47. The van der Waals surface area contributed by atoms with E-state index in [1.165, 1.54) is 12.1 Å². The highest BCUT2D eigenvalue weighted by Crippen LogP contribution is 2.29. The number of anilines is 1. The summed E-state index contributed by atoms with van der Waals surface area (Å²) in [4.78, 5) is 0. The van der Waals surface area contributed by atoms with E-state index in [1.807, 2.05) is 55.5 Å². The zero-order chi connectivity index (χ0) is 19.4. The monoisotopic (exact) mass is 368 g/mol. The molecule has 0 bridgehead atoms. The summed E-state index contributed by atoms with van der Waals surface area (Å²) >= 11 is 0. The number of nitrogens with one attached hydrogen (secondary N) is 1. The predicted octanol–water partition coefficient (Wildman–Crippen LogP) is 5.00. The maximum absolute atomic E-state index is 13.6. The molecule has 0 heterocycles. The summed E-state index contributed by atoms with van der Waals surface area (Å²) in [6, 6.07) is 18.3. The summed E-state index contributed by atoms with van der Waals surface area (Å²) in [5.74, 6) is -0.433. The molecule has 3 aromatic rings. The summed E-state index contributed by atoms with van der Waals surface area (Å²) < 4.78 is 32.4. The number of hydrogen-bond donors (Lipinski definition) is 2. The lowest BCUT2D eigenvalue weighted by atomic mass is 9.96. The lowest BCUT2D eigenvalue weighted by molar-refractivity contribution is 0.414. The second-order valence-electron chi connectivity index (χ2n) is 6.47. The van der Waals surface area contributed by atoms with E-state index in [-0.39, 0.29) is 12.1 Å². The van der Waals surface area contributed by atoms with Gasteiger partial charge in [-0.2, -0.15) is 0 Å². The summed E-state index contributed by atoms with van der Waals surface area (Å²) in [7, 11) is 1.61. The normalized spacial score (nSPS) is 13.2. The average molecular weight is 368 g/mol. The fourth-order valence-electron chi connectivity index (χ4n) is 3.09. The topological polar surface area (TPSA) is 47.3 Å². The highest BCUT2D eigenvalue weighted by molar-refractivity contribution is 5.45. The molecule has 5 heteroatoms. The minimum absolute atomic E-state index is 0.208. The van der Waals surface area contributed by atoms with Crippen molar-refractivity contribution in [1.82, 2.24) is 5.32 Å². The van der Waals surface area contributed by atoms with Crippen LogP contribution in [0.15, 0.2) is 66.7 Å². The Balaban J connectivity index is 1.95. The van der Waals surface area contributed by atoms with Gasteiger partial charge in [0.15, 0.2) is 0 Å². The molecule has 0 saturated carbocycles. The Bertz CT molecular complexity index is 892. The summed E-state index contributed by atoms with van der Waals surface area (Å²) in [5, 5.41) is 3.46. The van der Waals surface area contributed by atoms with Gasteiger partial charge in [-0.1, -0.05) is 24.3 Å². The van der Waals surface area contributed by atoms with Crippen molar-refractivity contribution in [3.8, 4) is 5.75 Å². The Morgan fingerprint density at radius 2 is 1.52 bits per heavy atom. The van der Waals surface area contributed by atoms with Gasteiger partial charge in [0.25, 0.3) is 0 Å². The van der Waals surface area contributed by atoms with Gasteiger partial charge in [0.05, 0.1) is 13.2 Å². The first-order valence-corrected chi connectivity index (χ1v) is 8.67. The first kappa shape index (κ1) is 18.9. The van der Waals surface area contributed by atoms with E-state index < -0.39 is 11.6 Å². The Hall–Kier alpha value is -2.92. The van der Waals surface area contributed by atoms with Gasteiger partial charge in [0.2, 0.25) is 0 Å². The van der Waals surface area contributed by atoms with Crippen molar-refractivity contribution in [3.63, 3.8) is 0 Å². The molecule has 0 aliphatic carbocycles. The number of nitrogens with two attached hydrogens (primary N) is 1. The van der Waals surface area contributed by atoms with Crippen LogP contribution in [-0.4, -0.2) is 7.11 Å². The highest BCUT2D eigenvalue weighted by atomic mass is 19.1. The molecule has 2 unspecified atom stereocenters. The number of nitrogen functional groups attached to an aromatic ring is 1. The van der Waals surface area contributed by atoms with Gasteiger partial charge < -0.3 is 10.5 Å². The van der Waals surface area contributed by atoms with E-state index in [9.17, 15) is 8.78 Å². The molecule has 0 aliphatic rings. The van der Waals surface area contributed by atoms with E-state index in [1.54, 1.807) is 7.11 Å². The van der Waals surface area contributed by atoms with Crippen molar-refractivity contribution < 1.29 is 13.5 Å². The third kappa shape index (κ3) is 4.63. The molecule has 0 spiro atoms. The number of ether oxygens (including phenoxy) is 1. The molecule has 2 atom stereocenters. The summed E-state index contributed by atoms with van der Waals surface area (Å²) in [5.41, 5.74) is 9.09. The van der Waals surface area contributed by atoms with Crippen LogP contribution in [0.5, 0.6) is 5.75 Å². The van der Waals surface area contributed by atoms with Crippen LogP contribution in [0, 0.1) is 11.6 Å². The van der Waals surface area contributed by atoms with Gasteiger partial charge in [0, 0.05) is 17.8 Å². The molecule has 0 fully saturated rings. The number of benzene rings is 3. The molecule has 3 rings (SSSR count). The lowest BCUT2D eigenvalue weighted by Crippen LogP contribution is -2.26. The van der Waals surface area contributed by atoms with E-state index in [0.29, 0.717) is 11.3 Å². The van der Waals surface area contributed by atoms with Gasteiger partial charge >= 0.3 is 0 Å². The number of halogens is 2. The number of hydrogen-bond acceptors (Lipinski definition) is 3. The molecule has 27 heavy (non-hydrogen) atoms. The van der Waals surface area contributed by atoms with E-state index in [4.69, 9.17) is 10.5 Å². The Morgan fingerprint density at radius 1 is 0.852 bits per heavy atom. The molecule has 3 aromatic carbocycles. The Kier molecular flexibility index (Phi) is 5.72. The number of rotatable bonds is 6. The third-order valence-corrected chi connectivity index (χ3v) is 4.49. The second kappa shape index (κ2) is 8.18. The predicted molar refractivity (Wildman–Crippen MR) is 104 cm³/mol. The molecular weight excluding hydrogens is 346 g/mol. The molecule has 3 nitrogen and oxygen atoms in total. The van der Waals surface area contributed by atoms with Gasteiger partial charge in [-0.3, -0.25) is 5.32 Å². The summed E-state index contributed by atoms with van der Waals surface area (Å²) in [6.45, 7) is 1.87. The SMILES string of the molecule is COc1ccc(C(NC(C)c2cc(F)cc(F)c2)c2cccc(N)c2)cc1. The molecular formula is C22H22F2N2O. The minimum atomic E-state index is -0.594. The van der Waals surface area contributed by atoms with Crippen LogP contribution in [0.25, 0.3) is 0 Å². The molecule has 0 saturated heterocycles. The average Bonchev–Trinajstić information content (AvgIpc) is 2.65. The number of methoxy groups -OCH3 is 1. The van der Waals surface area contributed by atoms with Crippen LogP contribution in [-0.2, 0) is 0 Å². The minimum Gasteiger partial charge on any atom is -0.497 e. The van der Waals surface area contributed by atoms with Crippen LogP contribution >= 0.6 is 0 Å². The fraction of sp³-hybridized carbons (Fsp3) is 0.182. The Labute approximate surface area is 157 Å². The van der Waals surface area contributed by atoms with Crippen LogP contribution in [0.4, 0.5) is 14.5 Å². The Morgan fingerprint density at radius 3 is 2.11 bits per heavy atom. The van der Waals surface area contributed by atoms with Gasteiger partial charge in [0.1, 0.15) is 17.4 Å². The molecule has 0 aliphatic heterocycles. The molecule has 3 N–H and O–H groups in total. The van der Waals surface area contributed by atoms with Crippen LogP contribution in [0.3, 0.4) is 0 Å². The zero-order valence-electron chi connectivity index (χ0n) is 15.2. The van der Waals surface area contributed by atoms with E-state index >= 15 is 0 Å². The van der Waals surface area contributed by atoms with Crippen molar-refractivity contribution in [1.29, 1.82) is 0 Å². The maximum atomic E-state index is 13.6. The van der Waals surface area contributed by atoms with Gasteiger partial charge in [-0.25, -0.2) is 8.78 Å². The standard InChI is InChI=1S/C22H22F2N2O/c1-14(17-10-18(23)13-19(24)11-17)26-22(16-4-3-5-20(25)12-16)15-6-8-21(27-2)9-7-15/h3-14,22,26H,25H2,1-2H3. The largest absolute Gasteiger partial charge is 0.497 e. The van der Waals surface area contributed by atoms with Crippen LogP contribution in [0.2, 0.25) is 0 Å². The first-order valence-electron chi connectivity index (χ1n) is 8.67. The van der Waals surface area contributed by atoms with Crippen LogP contribution < -0.4 is 15.8 Å². The molecule has 0 radical (unpaired) electrons. The van der Waals surface area contributed by atoms with Crippen molar-refractivity contribution in [2.24, 2.45) is 0 Å². The van der Waals surface area contributed by atoms with Crippen molar-refractivity contribution in [2.75, 3.05) is 12.8 Å². The van der Waals surface area contributed by atoms with Crippen molar-refractivity contribution in [2.45, 2.75) is 19.0 Å².